The molecule has 8 heteroatoms. The molecule has 34 heavy (non-hydrogen) atoms. The normalized spacial score (nSPS) is 25.4. The summed E-state index contributed by atoms with van der Waals surface area (Å²) in [6.45, 7) is 15.5. The summed E-state index contributed by atoms with van der Waals surface area (Å²) in [5.74, 6) is 0.966. The van der Waals surface area contributed by atoms with Gasteiger partial charge in [-0.25, -0.2) is 8.42 Å². The molecular formula is C26H38INO4SSi. The third-order valence-electron chi connectivity index (χ3n) is 8.09. The van der Waals surface area contributed by atoms with E-state index in [0.717, 1.165) is 23.3 Å². The highest BCUT2D eigenvalue weighted by molar-refractivity contribution is 14.1. The Bertz CT molecular complexity index is 1100. The lowest BCUT2D eigenvalue weighted by molar-refractivity contribution is -0.135. The third-order valence-corrected chi connectivity index (χ3v) is 14.7. The summed E-state index contributed by atoms with van der Waals surface area (Å²) in [5.41, 5.74) is 1.54. The summed E-state index contributed by atoms with van der Waals surface area (Å²) in [5, 5.41) is 0.0928. The van der Waals surface area contributed by atoms with Crippen LogP contribution in [0.4, 0.5) is 0 Å². The lowest BCUT2D eigenvalue weighted by Crippen LogP contribution is -2.54. The van der Waals surface area contributed by atoms with Crippen molar-refractivity contribution in [3.8, 4) is 0 Å². The Kier molecular flexibility index (Phi) is 7.98. The van der Waals surface area contributed by atoms with Crippen molar-refractivity contribution in [2.45, 2.75) is 76.9 Å². The molecule has 0 aromatic heterocycles. The number of aryl methyl sites for hydroxylation is 1. The van der Waals surface area contributed by atoms with Gasteiger partial charge in [-0.3, -0.25) is 4.79 Å². The van der Waals surface area contributed by atoms with E-state index in [0.29, 0.717) is 19.4 Å². The van der Waals surface area contributed by atoms with Gasteiger partial charge >= 0.3 is 0 Å². The lowest BCUT2D eigenvalue weighted by Gasteiger charge is -2.48. The van der Waals surface area contributed by atoms with E-state index in [4.69, 9.17) is 4.43 Å². The predicted octanol–water partition coefficient (Wildman–Crippen LogP) is 6.60. The molecule has 1 aromatic rings. The molecule has 1 spiro atoms. The fourth-order valence-electron chi connectivity index (χ4n) is 4.79. The molecule has 0 amide bonds. The zero-order valence-electron chi connectivity index (χ0n) is 21.4. The number of halogens is 1. The molecule has 0 saturated carbocycles. The Morgan fingerprint density at radius 2 is 1.76 bits per heavy atom. The quantitative estimate of drug-likeness (QED) is 0.277. The van der Waals surface area contributed by atoms with Gasteiger partial charge in [0.2, 0.25) is 18.3 Å². The number of Topliss-reactive ketones (excluding diaryl/α,β-unsaturated/α-hetero) is 1. The highest BCUT2D eigenvalue weighted by atomic mass is 127. The molecular weight excluding hydrogens is 577 g/mol. The van der Waals surface area contributed by atoms with Gasteiger partial charge in [-0.1, -0.05) is 67.1 Å². The van der Waals surface area contributed by atoms with Crippen LogP contribution in [-0.4, -0.2) is 39.9 Å². The summed E-state index contributed by atoms with van der Waals surface area (Å²) < 4.78 is 36.5. The van der Waals surface area contributed by atoms with Gasteiger partial charge < -0.3 is 4.43 Å². The Labute approximate surface area is 220 Å². The van der Waals surface area contributed by atoms with Crippen molar-refractivity contribution in [1.29, 1.82) is 0 Å². The Hall–Kier alpha value is -0.973. The molecule has 5 nitrogen and oxygen atoms in total. The van der Waals surface area contributed by atoms with E-state index in [1.54, 1.807) is 24.3 Å². The number of piperidine rings is 1. The van der Waals surface area contributed by atoms with Crippen LogP contribution < -0.4 is 0 Å². The molecule has 0 N–H and O–H groups in total. The van der Waals surface area contributed by atoms with Crippen LogP contribution in [0, 0.1) is 18.3 Å². The van der Waals surface area contributed by atoms with Crippen molar-refractivity contribution in [2.24, 2.45) is 11.3 Å². The Morgan fingerprint density at radius 1 is 1.15 bits per heavy atom. The fourth-order valence-corrected chi connectivity index (χ4v) is 7.79. The van der Waals surface area contributed by atoms with Crippen LogP contribution in [0.25, 0.3) is 0 Å². The van der Waals surface area contributed by atoms with Gasteiger partial charge in [-0.15, -0.1) is 0 Å². The largest absolute Gasteiger partial charge is 0.547 e. The predicted molar refractivity (Wildman–Crippen MR) is 149 cm³/mol. The Balaban J connectivity index is 1.90. The first-order valence-corrected chi connectivity index (χ1v) is 17.5. The molecule has 3 rings (SSSR count). The van der Waals surface area contributed by atoms with Gasteiger partial charge in [0.15, 0.2) is 5.78 Å². The number of allylic oxidation sites excluding steroid dienone is 3. The molecule has 1 fully saturated rings. The zero-order chi connectivity index (χ0) is 25.5. The van der Waals surface area contributed by atoms with Crippen LogP contribution in [0.3, 0.4) is 0 Å². The van der Waals surface area contributed by atoms with Crippen LogP contribution in [-0.2, 0) is 19.2 Å². The molecule has 1 aliphatic heterocycles. The molecule has 188 valence electrons. The van der Waals surface area contributed by atoms with Crippen LogP contribution in [0.1, 0.15) is 52.5 Å². The maximum Gasteiger partial charge on any atom is 0.250 e. The molecule has 1 aliphatic carbocycles. The summed E-state index contributed by atoms with van der Waals surface area (Å²) in [6.07, 6.45) is 4.04. The smallest absolute Gasteiger partial charge is 0.250 e. The molecule has 1 heterocycles. The molecule has 0 bridgehead atoms. The second kappa shape index (κ2) is 9.82. The standard InChI is InChI=1S/C26H38INO4SSi/c1-19-8-10-21(11-9-19)33(30,31)28-17-15-26(24(29)18-28)14-12-23(20(2)22(26)13-16-27)32-34(6,7)25(3,4)5/h8-11,13,16,22H,12,14-15,17-18H2,1-7H3/b16-13+/t22-,26-/m0/s1. The topological polar surface area (TPSA) is 63.7 Å². The number of carbonyl (C=O) groups excluding carboxylic acids is 1. The van der Waals surface area contributed by atoms with Crippen LogP contribution in [0.2, 0.25) is 18.1 Å². The second-order valence-corrected chi connectivity index (χ2v) is 18.6. The van der Waals surface area contributed by atoms with Crippen LogP contribution in [0.15, 0.2) is 50.7 Å². The van der Waals surface area contributed by atoms with Gasteiger partial charge in [0.25, 0.3) is 0 Å². The van der Waals surface area contributed by atoms with E-state index < -0.39 is 23.8 Å². The van der Waals surface area contributed by atoms with Crippen molar-refractivity contribution in [2.75, 3.05) is 13.1 Å². The summed E-state index contributed by atoms with van der Waals surface area (Å²) in [6, 6.07) is 6.83. The molecule has 1 aromatic carbocycles. The summed E-state index contributed by atoms with van der Waals surface area (Å²) >= 11 is 2.21. The first-order chi connectivity index (χ1) is 15.7. The number of hydrogen-bond acceptors (Lipinski definition) is 4. The average molecular weight is 616 g/mol. The Morgan fingerprint density at radius 3 is 2.29 bits per heavy atom. The maximum atomic E-state index is 13.7. The van der Waals surface area contributed by atoms with E-state index in [1.807, 2.05) is 11.0 Å². The summed E-state index contributed by atoms with van der Waals surface area (Å²) in [7, 11) is -5.70. The average Bonchev–Trinajstić information content (AvgIpc) is 2.74. The number of carbonyl (C=O) groups is 1. The zero-order valence-corrected chi connectivity index (χ0v) is 25.4. The van der Waals surface area contributed by atoms with Gasteiger partial charge in [-0.2, -0.15) is 4.31 Å². The fraction of sp³-hybridized carbons (Fsp3) is 0.577. The number of hydrogen-bond donors (Lipinski definition) is 0. The highest BCUT2D eigenvalue weighted by Crippen LogP contribution is 2.52. The molecule has 2 aliphatic rings. The number of sulfonamides is 1. The second-order valence-electron chi connectivity index (χ2n) is 11.2. The number of rotatable bonds is 5. The minimum atomic E-state index is -3.70. The lowest BCUT2D eigenvalue weighted by atomic mass is 9.60. The van der Waals surface area contributed by atoms with Gasteiger partial charge in [0, 0.05) is 24.3 Å². The summed E-state index contributed by atoms with van der Waals surface area (Å²) in [4.78, 5) is 13.9. The first-order valence-electron chi connectivity index (χ1n) is 11.9. The first kappa shape index (κ1) is 27.6. The number of nitrogens with zero attached hydrogens (tertiary/aromatic N) is 1. The van der Waals surface area contributed by atoms with E-state index in [9.17, 15) is 13.2 Å². The number of ketones is 1. The minimum absolute atomic E-state index is 0.0136. The van der Waals surface area contributed by atoms with E-state index in [2.05, 4.69) is 69.5 Å². The maximum absolute atomic E-state index is 13.7. The van der Waals surface area contributed by atoms with E-state index >= 15 is 0 Å². The van der Waals surface area contributed by atoms with Crippen molar-refractivity contribution >= 4 is 46.7 Å². The molecule has 1 saturated heterocycles. The molecule has 0 unspecified atom stereocenters. The van der Waals surface area contributed by atoms with Gasteiger partial charge in [0.05, 0.1) is 17.2 Å². The van der Waals surface area contributed by atoms with Crippen LogP contribution >= 0.6 is 22.6 Å². The van der Waals surface area contributed by atoms with E-state index in [-0.39, 0.29) is 28.2 Å². The van der Waals surface area contributed by atoms with Crippen molar-refractivity contribution in [3.05, 3.63) is 51.3 Å². The van der Waals surface area contributed by atoms with Crippen molar-refractivity contribution in [1.82, 2.24) is 4.31 Å². The SMILES string of the molecule is CC1=C(O[Si](C)(C)C(C)(C)C)CC[C@]2(CCN(S(=O)(=O)c3ccc(C)cc3)CC2=O)[C@H]1/C=C/I. The van der Waals surface area contributed by atoms with Crippen LogP contribution in [0.5, 0.6) is 0 Å². The molecule has 0 radical (unpaired) electrons. The molecule has 2 atom stereocenters. The third kappa shape index (κ3) is 5.10. The monoisotopic (exact) mass is 615 g/mol. The van der Waals surface area contributed by atoms with Gasteiger partial charge in [-0.05, 0) is 66.6 Å². The van der Waals surface area contributed by atoms with Crippen molar-refractivity contribution < 1.29 is 17.6 Å². The van der Waals surface area contributed by atoms with Crippen molar-refractivity contribution in [3.63, 3.8) is 0 Å². The van der Waals surface area contributed by atoms with E-state index in [1.165, 1.54) is 4.31 Å². The minimum Gasteiger partial charge on any atom is -0.547 e. The number of benzene rings is 1. The highest BCUT2D eigenvalue weighted by Gasteiger charge is 2.52. The van der Waals surface area contributed by atoms with Gasteiger partial charge in [0.1, 0.15) is 0 Å².